The standard InChI is InChI=1S/C21H43NO2/c1-18(2)12-9-7-6-8-10-14-22-17-20(16-21(22,5)23)13-11-15-24-19(3)4/h18-20,23H,6-17H2,1-5H3/t20-,21?/m1/s1. The summed E-state index contributed by atoms with van der Waals surface area (Å²) < 4.78 is 5.63. The smallest absolute Gasteiger partial charge is 0.115 e. The molecule has 0 amide bonds. The van der Waals surface area contributed by atoms with Gasteiger partial charge in [0.15, 0.2) is 0 Å². The highest BCUT2D eigenvalue weighted by Crippen LogP contribution is 2.33. The van der Waals surface area contributed by atoms with E-state index in [0.717, 1.165) is 38.5 Å². The second-order valence-corrected chi connectivity index (χ2v) is 8.75. The fourth-order valence-electron chi connectivity index (χ4n) is 3.85. The third-order valence-corrected chi connectivity index (χ3v) is 5.25. The maximum Gasteiger partial charge on any atom is 0.115 e. The van der Waals surface area contributed by atoms with Crippen molar-refractivity contribution in [3.63, 3.8) is 0 Å². The Morgan fingerprint density at radius 3 is 2.38 bits per heavy atom. The molecule has 1 rings (SSSR count). The lowest BCUT2D eigenvalue weighted by Gasteiger charge is -2.29. The third-order valence-electron chi connectivity index (χ3n) is 5.25. The number of nitrogens with zero attached hydrogens (tertiary/aromatic N) is 1. The highest BCUT2D eigenvalue weighted by molar-refractivity contribution is 4.87. The molecule has 1 N–H and O–H groups in total. The highest BCUT2D eigenvalue weighted by Gasteiger charge is 2.39. The van der Waals surface area contributed by atoms with Crippen molar-refractivity contribution >= 4 is 0 Å². The van der Waals surface area contributed by atoms with Gasteiger partial charge in [0.25, 0.3) is 0 Å². The van der Waals surface area contributed by atoms with Crippen molar-refractivity contribution < 1.29 is 9.84 Å². The van der Waals surface area contributed by atoms with Crippen LogP contribution >= 0.6 is 0 Å². The quantitative estimate of drug-likeness (QED) is 0.466. The number of unbranched alkanes of at least 4 members (excludes halogenated alkanes) is 4. The van der Waals surface area contributed by atoms with Crippen LogP contribution in [0.1, 0.15) is 92.4 Å². The van der Waals surface area contributed by atoms with E-state index in [1.165, 1.54) is 44.9 Å². The maximum absolute atomic E-state index is 10.7. The fourth-order valence-corrected chi connectivity index (χ4v) is 3.85. The van der Waals surface area contributed by atoms with E-state index in [1.54, 1.807) is 0 Å². The molecule has 2 atom stereocenters. The lowest BCUT2D eigenvalue weighted by molar-refractivity contribution is -0.0648. The van der Waals surface area contributed by atoms with E-state index < -0.39 is 5.72 Å². The van der Waals surface area contributed by atoms with Crippen LogP contribution in [0.25, 0.3) is 0 Å². The van der Waals surface area contributed by atoms with Crippen LogP contribution in [0.4, 0.5) is 0 Å². The van der Waals surface area contributed by atoms with Gasteiger partial charge in [0.05, 0.1) is 6.10 Å². The van der Waals surface area contributed by atoms with Crippen LogP contribution in [0.5, 0.6) is 0 Å². The van der Waals surface area contributed by atoms with Gasteiger partial charge in [0, 0.05) is 19.7 Å². The van der Waals surface area contributed by atoms with Crippen molar-refractivity contribution in [3.8, 4) is 0 Å². The Balaban J connectivity index is 2.12. The van der Waals surface area contributed by atoms with E-state index in [-0.39, 0.29) is 0 Å². The lowest BCUT2D eigenvalue weighted by Crippen LogP contribution is -2.41. The molecular formula is C21H43NO2. The van der Waals surface area contributed by atoms with Gasteiger partial charge < -0.3 is 9.84 Å². The zero-order valence-corrected chi connectivity index (χ0v) is 17.0. The molecule has 0 saturated carbocycles. The molecule has 1 aliphatic rings. The first-order chi connectivity index (χ1) is 11.3. The van der Waals surface area contributed by atoms with E-state index in [4.69, 9.17) is 4.74 Å². The van der Waals surface area contributed by atoms with Crippen molar-refractivity contribution in [2.75, 3.05) is 19.7 Å². The minimum Gasteiger partial charge on any atom is -0.379 e. The molecule has 3 heteroatoms. The largest absolute Gasteiger partial charge is 0.379 e. The molecule has 1 aliphatic heterocycles. The van der Waals surface area contributed by atoms with E-state index in [1.807, 2.05) is 6.92 Å². The summed E-state index contributed by atoms with van der Waals surface area (Å²) in [7, 11) is 0. The first kappa shape index (κ1) is 21.9. The number of ether oxygens (including phenoxy) is 1. The average Bonchev–Trinajstić information content (AvgIpc) is 2.76. The first-order valence-electron chi connectivity index (χ1n) is 10.4. The van der Waals surface area contributed by atoms with E-state index in [2.05, 4.69) is 32.6 Å². The highest BCUT2D eigenvalue weighted by atomic mass is 16.5. The summed E-state index contributed by atoms with van der Waals surface area (Å²) >= 11 is 0. The number of rotatable bonds is 13. The fraction of sp³-hybridized carbons (Fsp3) is 1.00. The zero-order chi connectivity index (χ0) is 18.0. The van der Waals surface area contributed by atoms with Gasteiger partial charge in [-0.3, -0.25) is 4.90 Å². The summed E-state index contributed by atoms with van der Waals surface area (Å²) in [6.07, 6.45) is 11.5. The summed E-state index contributed by atoms with van der Waals surface area (Å²) in [5.41, 5.74) is -0.596. The van der Waals surface area contributed by atoms with Gasteiger partial charge in [-0.2, -0.15) is 0 Å². The molecule has 0 radical (unpaired) electrons. The number of aliphatic hydroxyl groups is 1. The molecule has 3 nitrogen and oxygen atoms in total. The monoisotopic (exact) mass is 341 g/mol. The van der Waals surface area contributed by atoms with Gasteiger partial charge in [-0.1, -0.05) is 46.0 Å². The van der Waals surface area contributed by atoms with Crippen molar-refractivity contribution in [1.29, 1.82) is 0 Å². The van der Waals surface area contributed by atoms with Gasteiger partial charge >= 0.3 is 0 Å². The Kier molecular flexibility index (Phi) is 10.5. The molecule has 1 saturated heterocycles. The minimum atomic E-state index is -0.596. The minimum absolute atomic E-state index is 0.328. The van der Waals surface area contributed by atoms with Crippen LogP contribution in [0.15, 0.2) is 0 Å². The molecule has 1 unspecified atom stereocenters. The van der Waals surface area contributed by atoms with Gasteiger partial charge in [-0.25, -0.2) is 0 Å². The van der Waals surface area contributed by atoms with E-state index in [9.17, 15) is 5.11 Å². The van der Waals surface area contributed by atoms with Crippen LogP contribution in [-0.4, -0.2) is 41.5 Å². The second-order valence-electron chi connectivity index (χ2n) is 8.75. The molecule has 24 heavy (non-hydrogen) atoms. The van der Waals surface area contributed by atoms with Crippen molar-refractivity contribution in [2.45, 2.75) is 104 Å². The van der Waals surface area contributed by atoms with E-state index in [0.29, 0.717) is 12.0 Å². The summed E-state index contributed by atoms with van der Waals surface area (Å²) in [5.74, 6) is 1.47. The summed E-state index contributed by atoms with van der Waals surface area (Å²) in [6.45, 7) is 13.8. The SMILES string of the molecule is CC(C)CCCCCCCN1C[C@H](CCCOC(C)C)CC1(C)O. The molecule has 0 spiro atoms. The Bertz CT molecular complexity index is 315. The summed E-state index contributed by atoms with van der Waals surface area (Å²) in [4.78, 5) is 2.31. The number of hydrogen-bond acceptors (Lipinski definition) is 3. The second kappa shape index (κ2) is 11.5. The molecule has 1 fully saturated rings. The van der Waals surface area contributed by atoms with E-state index >= 15 is 0 Å². The molecule has 0 aromatic carbocycles. The first-order valence-corrected chi connectivity index (χ1v) is 10.4. The number of hydrogen-bond donors (Lipinski definition) is 1. The molecule has 0 aromatic heterocycles. The topological polar surface area (TPSA) is 32.7 Å². The molecule has 144 valence electrons. The number of likely N-dealkylation sites (tertiary alicyclic amines) is 1. The predicted octanol–water partition coefficient (Wildman–Crippen LogP) is 5.22. The molecular weight excluding hydrogens is 298 g/mol. The Morgan fingerprint density at radius 1 is 1.04 bits per heavy atom. The molecule has 1 heterocycles. The summed E-state index contributed by atoms with van der Waals surface area (Å²) in [6, 6.07) is 0. The van der Waals surface area contributed by atoms with Crippen LogP contribution in [-0.2, 0) is 4.74 Å². The normalized spacial score (nSPS) is 25.2. The van der Waals surface area contributed by atoms with Gasteiger partial charge in [0.2, 0.25) is 0 Å². The Morgan fingerprint density at radius 2 is 1.71 bits per heavy atom. The molecule has 0 aromatic rings. The van der Waals surface area contributed by atoms with Crippen LogP contribution < -0.4 is 0 Å². The predicted molar refractivity (Wildman–Crippen MR) is 103 cm³/mol. The van der Waals surface area contributed by atoms with Crippen molar-refractivity contribution in [3.05, 3.63) is 0 Å². The van der Waals surface area contributed by atoms with Gasteiger partial charge in [0.1, 0.15) is 5.72 Å². The average molecular weight is 342 g/mol. The Hall–Kier alpha value is -0.120. The van der Waals surface area contributed by atoms with Crippen molar-refractivity contribution in [1.82, 2.24) is 4.90 Å². The summed E-state index contributed by atoms with van der Waals surface area (Å²) in [5, 5.41) is 10.7. The molecule has 0 bridgehead atoms. The van der Waals surface area contributed by atoms with Crippen LogP contribution in [0, 0.1) is 11.8 Å². The van der Waals surface area contributed by atoms with Gasteiger partial charge in [-0.15, -0.1) is 0 Å². The third kappa shape index (κ3) is 9.39. The zero-order valence-electron chi connectivity index (χ0n) is 17.0. The lowest BCUT2D eigenvalue weighted by atomic mass is 9.99. The Labute approximate surface area is 151 Å². The molecule has 0 aliphatic carbocycles. The van der Waals surface area contributed by atoms with Crippen molar-refractivity contribution in [2.24, 2.45) is 11.8 Å². The van der Waals surface area contributed by atoms with Gasteiger partial charge in [-0.05, 0) is 58.3 Å². The van der Waals surface area contributed by atoms with Crippen LogP contribution in [0.2, 0.25) is 0 Å². The van der Waals surface area contributed by atoms with Crippen LogP contribution in [0.3, 0.4) is 0 Å². The maximum atomic E-state index is 10.7.